The highest BCUT2D eigenvalue weighted by atomic mass is 35.5. The molecule has 1 N–H and O–H groups in total. The molecular formula is C12H9ClN2O3. The van der Waals surface area contributed by atoms with Crippen molar-refractivity contribution in [3.05, 3.63) is 53.1 Å². The summed E-state index contributed by atoms with van der Waals surface area (Å²) in [6.07, 6.45) is 0. The number of hydrogen-bond donors (Lipinski definition) is 1. The van der Waals surface area contributed by atoms with Crippen molar-refractivity contribution in [1.29, 1.82) is 0 Å². The van der Waals surface area contributed by atoms with Crippen molar-refractivity contribution < 1.29 is 14.6 Å². The number of carboxylic acid groups (broad SMARTS) is 1. The molecule has 18 heavy (non-hydrogen) atoms. The van der Waals surface area contributed by atoms with E-state index in [4.69, 9.17) is 21.4 Å². The van der Waals surface area contributed by atoms with Gasteiger partial charge in [0.05, 0.1) is 0 Å². The summed E-state index contributed by atoms with van der Waals surface area (Å²) in [5, 5.41) is 8.91. The van der Waals surface area contributed by atoms with Crippen LogP contribution in [0.2, 0.25) is 5.15 Å². The van der Waals surface area contributed by atoms with Crippen LogP contribution in [0.5, 0.6) is 5.75 Å². The van der Waals surface area contributed by atoms with E-state index in [-0.39, 0.29) is 23.3 Å². The third-order valence-electron chi connectivity index (χ3n) is 2.07. The van der Waals surface area contributed by atoms with Gasteiger partial charge in [0.15, 0.2) is 11.5 Å². The number of para-hydroxylation sites is 1. The molecule has 0 saturated heterocycles. The van der Waals surface area contributed by atoms with Crippen molar-refractivity contribution in [3.63, 3.8) is 0 Å². The fourth-order valence-corrected chi connectivity index (χ4v) is 1.50. The number of rotatable bonds is 4. The molecule has 1 heterocycles. The maximum absolute atomic E-state index is 10.8. The topological polar surface area (TPSA) is 72.3 Å². The summed E-state index contributed by atoms with van der Waals surface area (Å²) in [6, 6.07) is 10.3. The smallest absolute Gasteiger partial charge is 0.354 e. The number of halogens is 1. The second-order valence-electron chi connectivity index (χ2n) is 3.40. The van der Waals surface area contributed by atoms with Crippen LogP contribution in [0, 0.1) is 0 Å². The zero-order valence-electron chi connectivity index (χ0n) is 9.21. The van der Waals surface area contributed by atoms with E-state index in [2.05, 4.69) is 9.97 Å². The molecule has 92 valence electrons. The van der Waals surface area contributed by atoms with E-state index in [0.29, 0.717) is 5.75 Å². The Morgan fingerprint density at radius 1 is 1.28 bits per heavy atom. The Labute approximate surface area is 108 Å². The van der Waals surface area contributed by atoms with Crippen LogP contribution < -0.4 is 4.74 Å². The number of nitrogens with zero attached hydrogens (tertiary/aromatic N) is 2. The van der Waals surface area contributed by atoms with E-state index in [9.17, 15) is 4.79 Å². The fraction of sp³-hybridized carbons (Fsp3) is 0.0833. The van der Waals surface area contributed by atoms with Gasteiger partial charge in [-0.2, -0.15) is 0 Å². The fourth-order valence-electron chi connectivity index (χ4n) is 1.30. The lowest BCUT2D eigenvalue weighted by Crippen LogP contribution is -2.08. The Bertz CT molecular complexity index is 561. The molecule has 0 unspecified atom stereocenters. The highest BCUT2D eigenvalue weighted by molar-refractivity contribution is 6.29. The molecule has 0 saturated carbocycles. The average molecular weight is 265 g/mol. The van der Waals surface area contributed by atoms with E-state index in [1.807, 2.05) is 18.2 Å². The zero-order valence-corrected chi connectivity index (χ0v) is 9.96. The van der Waals surface area contributed by atoms with Gasteiger partial charge in [-0.25, -0.2) is 14.8 Å². The maximum Gasteiger partial charge on any atom is 0.354 e. The quantitative estimate of drug-likeness (QED) is 0.859. The first-order chi connectivity index (χ1) is 8.65. The minimum Gasteiger partial charge on any atom is -0.486 e. The summed E-state index contributed by atoms with van der Waals surface area (Å²) >= 11 is 5.71. The normalized spacial score (nSPS) is 10.1. The molecule has 2 rings (SSSR count). The Hall–Kier alpha value is -2.14. The lowest BCUT2D eigenvalue weighted by Gasteiger charge is -2.05. The van der Waals surface area contributed by atoms with E-state index in [1.165, 1.54) is 6.07 Å². The molecule has 1 aromatic heterocycles. The van der Waals surface area contributed by atoms with Crippen molar-refractivity contribution in [2.75, 3.05) is 0 Å². The molecule has 5 nitrogen and oxygen atoms in total. The second kappa shape index (κ2) is 5.46. The van der Waals surface area contributed by atoms with Crippen LogP contribution >= 0.6 is 11.6 Å². The number of aromatic nitrogens is 2. The molecule has 0 aliphatic carbocycles. The van der Waals surface area contributed by atoms with Gasteiger partial charge in [0.25, 0.3) is 0 Å². The molecule has 1 aromatic carbocycles. The third kappa shape index (κ3) is 3.18. The summed E-state index contributed by atoms with van der Waals surface area (Å²) in [6.45, 7) is 0.0604. The van der Waals surface area contributed by atoms with Crippen LogP contribution in [0.4, 0.5) is 0 Å². The van der Waals surface area contributed by atoms with Crippen molar-refractivity contribution >= 4 is 17.6 Å². The summed E-state index contributed by atoms with van der Waals surface area (Å²) in [5.74, 6) is -0.276. The van der Waals surface area contributed by atoms with Crippen molar-refractivity contribution in [3.8, 4) is 5.75 Å². The molecule has 6 heteroatoms. The molecule has 0 aliphatic heterocycles. The Morgan fingerprint density at radius 3 is 2.67 bits per heavy atom. The molecule has 0 atom stereocenters. The van der Waals surface area contributed by atoms with Gasteiger partial charge in [0, 0.05) is 6.07 Å². The molecule has 0 fully saturated rings. The number of hydrogen-bond acceptors (Lipinski definition) is 4. The predicted octanol–water partition coefficient (Wildman–Crippen LogP) is 2.41. The molecule has 0 spiro atoms. The standard InChI is InChI=1S/C12H9ClN2O3/c13-10-6-9(12(16)17)14-11(15-10)7-18-8-4-2-1-3-5-8/h1-6H,7H2,(H,16,17). The largest absolute Gasteiger partial charge is 0.486 e. The lowest BCUT2D eigenvalue weighted by molar-refractivity contribution is 0.0689. The molecule has 2 aromatic rings. The van der Waals surface area contributed by atoms with Gasteiger partial charge >= 0.3 is 5.97 Å². The first-order valence-electron chi connectivity index (χ1n) is 5.10. The van der Waals surface area contributed by atoms with Gasteiger partial charge in [0.2, 0.25) is 0 Å². The average Bonchev–Trinajstić information content (AvgIpc) is 2.37. The summed E-state index contributed by atoms with van der Waals surface area (Å²) in [5.41, 5.74) is -0.151. The Balaban J connectivity index is 2.12. The number of benzene rings is 1. The second-order valence-corrected chi connectivity index (χ2v) is 3.79. The third-order valence-corrected chi connectivity index (χ3v) is 2.27. The van der Waals surface area contributed by atoms with Gasteiger partial charge in [-0.15, -0.1) is 0 Å². The maximum atomic E-state index is 10.8. The molecule has 0 aliphatic rings. The van der Waals surface area contributed by atoms with Crippen LogP contribution in [-0.2, 0) is 6.61 Å². The predicted molar refractivity (Wildman–Crippen MR) is 64.8 cm³/mol. The number of carboxylic acids is 1. The van der Waals surface area contributed by atoms with Gasteiger partial charge in [-0.3, -0.25) is 0 Å². The Morgan fingerprint density at radius 2 is 2.00 bits per heavy atom. The van der Waals surface area contributed by atoms with Gasteiger partial charge in [-0.1, -0.05) is 29.8 Å². The monoisotopic (exact) mass is 264 g/mol. The molecule has 0 bridgehead atoms. The number of carbonyl (C=O) groups is 1. The summed E-state index contributed by atoms with van der Waals surface area (Å²) < 4.78 is 5.41. The van der Waals surface area contributed by atoms with Crippen molar-refractivity contribution in [1.82, 2.24) is 9.97 Å². The minimum absolute atomic E-state index is 0.0604. The zero-order chi connectivity index (χ0) is 13.0. The Kier molecular flexibility index (Phi) is 3.74. The van der Waals surface area contributed by atoms with Gasteiger partial charge < -0.3 is 9.84 Å². The van der Waals surface area contributed by atoms with Crippen LogP contribution in [-0.4, -0.2) is 21.0 Å². The van der Waals surface area contributed by atoms with Gasteiger partial charge in [0.1, 0.15) is 17.5 Å². The molecular weight excluding hydrogens is 256 g/mol. The van der Waals surface area contributed by atoms with Crippen molar-refractivity contribution in [2.45, 2.75) is 6.61 Å². The highest BCUT2D eigenvalue weighted by Gasteiger charge is 2.09. The number of aromatic carboxylic acids is 1. The van der Waals surface area contributed by atoms with E-state index in [0.717, 1.165) is 0 Å². The lowest BCUT2D eigenvalue weighted by atomic mass is 10.3. The van der Waals surface area contributed by atoms with Crippen LogP contribution in [0.3, 0.4) is 0 Å². The number of ether oxygens (including phenoxy) is 1. The summed E-state index contributed by atoms with van der Waals surface area (Å²) in [7, 11) is 0. The van der Waals surface area contributed by atoms with Gasteiger partial charge in [-0.05, 0) is 12.1 Å². The van der Waals surface area contributed by atoms with Crippen LogP contribution in [0.15, 0.2) is 36.4 Å². The van der Waals surface area contributed by atoms with Crippen LogP contribution in [0.1, 0.15) is 16.3 Å². The first kappa shape index (κ1) is 12.3. The molecule has 0 amide bonds. The molecule has 0 radical (unpaired) electrons. The summed E-state index contributed by atoms with van der Waals surface area (Å²) in [4.78, 5) is 18.5. The van der Waals surface area contributed by atoms with Crippen LogP contribution in [0.25, 0.3) is 0 Å². The SMILES string of the molecule is O=C(O)c1cc(Cl)nc(COc2ccccc2)n1. The first-order valence-corrected chi connectivity index (χ1v) is 5.47. The van der Waals surface area contributed by atoms with E-state index < -0.39 is 5.97 Å². The minimum atomic E-state index is -1.15. The van der Waals surface area contributed by atoms with Crippen molar-refractivity contribution in [2.24, 2.45) is 0 Å². The van der Waals surface area contributed by atoms with E-state index >= 15 is 0 Å². The van der Waals surface area contributed by atoms with E-state index in [1.54, 1.807) is 12.1 Å². The highest BCUT2D eigenvalue weighted by Crippen LogP contribution is 2.12.